The number of alkyl halides is 1. The molecule has 0 fully saturated rings. The topological polar surface area (TPSA) is 15.8 Å². The normalized spacial score (nSPS) is 24.3. The Labute approximate surface area is 65.4 Å². The lowest BCUT2D eigenvalue weighted by Crippen LogP contribution is -2.02. The third-order valence-corrected chi connectivity index (χ3v) is 2.54. The van der Waals surface area contributed by atoms with E-state index in [1.807, 2.05) is 6.20 Å². The molecule has 2 rings (SSSR count). The Bertz CT molecular complexity index is 229. The summed E-state index contributed by atoms with van der Waals surface area (Å²) in [6, 6.07) is 2.09. The van der Waals surface area contributed by atoms with E-state index in [-0.39, 0.29) is 5.38 Å². The first kappa shape index (κ1) is 6.29. The van der Waals surface area contributed by atoms with Crippen molar-refractivity contribution in [2.75, 3.05) is 0 Å². The summed E-state index contributed by atoms with van der Waals surface area (Å²) in [4.78, 5) is 3.20. The Kier molecular flexibility index (Phi) is 1.46. The molecule has 0 aromatic carbocycles. The SMILES string of the molecule is ClC1CCCc2[nH]ccc21. The van der Waals surface area contributed by atoms with Crippen LogP contribution in [0.5, 0.6) is 0 Å². The van der Waals surface area contributed by atoms with Gasteiger partial charge in [-0.05, 0) is 30.9 Å². The number of nitrogens with one attached hydrogen (secondary N) is 1. The van der Waals surface area contributed by atoms with Gasteiger partial charge in [0.2, 0.25) is 0 Å². The van der Waals surface area contributed by atoms with Crippen LogP contribution in [0.15, 0.2) is 12.3 Å². The first-order chi connectivity index (χ1) is 4.88. The van der Waals surface area contributed by atoms with Gasteiger partial charge in [0, 0.05) is 11.9 Å². The van der Waals surface area contributed by atoms with Crippen molar-refractivity contribution >= 4 is 11.6 Å². The molecule has 0 amide bonds. The Balaban J connectivity index is 2.41. The average molecular weight is 156 g/mol. The standard InChI is InChI=1S/C8H10ClN/c9-7-2-1-3-8-6(7)4-5-10-8/h4-5,7,10H,1-3H2. The number of halogens is 1. The van der Waals surface area contributed by atoms with Gasteiger partial charge in [0.15, 0.2) is 0 Å². The molecule has 1 atom stereocenters. The van der Waals surface area contributed by atoms with Gasteiger partial charge in [0.05, 0.1) is 5.38 Å². The molecule has 1 heterocycles. The highest BCUT2D eigenvalue weighted by Crippen LogP contribution is 2.33. The zero-order valence-corrected chi connectivity index (χ0v) is 6.49. The van der Waals surface area contributed by atoms with Gasteiger partial charge in [-0.1, -0.05) is 0 Å². The maximum absolute atomic E-state index is 6.07. The summed E-state index contributed by atoms with van der Waals surface area (Å²) in [5.74, 6) is 0. The van der Waals surface area contributed by atoms with Gasteiger partial charge < -0.3 is 4.98 Å². The molecular weight excluding hydrogens is 146 g/mol. The molecule has 1 N–H and O–H groups in total. The van der Waals surface area contributed by atoms with Gasteiger partial charge >= 0.3 is 0 Å². The summed E-state index contributed by atoms with van der Waals surface area (Å²) in [7, 11) is 0. The van der Waals surface area contributed by atoms with Crippen LogP contribution >= 0.6 is 11.6 Å². The fourth-order valence-corrected chi connectivity index (χ4v) is 1.90. The Hall–Kier alpha value is -0.430. The lowest BCUT2D eigenvalue weighted by molar-refractivity contribution is 0.660. The molecule has 0 bridgehead atoms. The van der Waals surface area contributed by atoms with Crippen molar-refractivity contribution in [3.63, 3.8) is 0 Å². The predicted molar refractivity (Wildman–Crippen MR) is 42.3 cm³/mol. The van der Waals surface area contributed by atoms with E-state index in [1.54, 1.807) is 0 Å². The number of aromatic amines is 1. The van der Waals surface area contributed by atoms with Crippen LogP contribution in [0.3, 0.4) is 0 Å². The first-order valence-electron chi connectivity index (χ1n) is 3.68. The quantitative estimate of drug-likeness (QED) is 0.555. The number of H-pyrrole nitrogens is 1. The zero-order valence-electron chi connectivity index (χ0n) is 5.73. The lowest BCUT2D eigenvalue weighted by Gasteiger charge is -2.15. The molecule has 0 saturated carbocycles. The molecule has 1 aliphatic rings. The minimum Gasteiger partial charge on any atom is -0.365 e. The molecule has 54 valence electrons. The average Bonchev–Trinajstić information content (AvgIpc) is 2.36. The van der Waals surface area contributed by atoms with E-state index in [1.165, 1.54) is 24.1 Å². The number of aryl methyl sites for hydroxylation is 1. The largest absolute Gasteiger partial charge is 0.365 e. The fraction of sp³-hybridized carbons (Fsp3) is 0.500. The number of hydrogen-bond acceptors (Lipinski definition) is 0. The van der Waals surface area contributed by atoms with Crippen molar-refractivity contribution in [3.05, 3.63) is 23.5 Å². The van der Waals surface area contributed by atoms with Gasteiger partial charge in [-0.25, -0.2) is 0 Å². The summed E-state index contributed by atoms with van der Waals surface area (Å²) >= 11 is 6.07. The molecule has 1 aromatic heterocycles. The first-order valence-corrected chi connectivity index (χ1v) is 4.12. The molecule has 1 aliphatic carbocycles. The molecular formula is C8H10ClN. The van der Waals surface area contributed by atoms with Crippen molar-refractivity contribution < 1.29 is 0 Å². The third kappa shape index (κ3) is 0.853. The van der Waals surface area contributed by atoms with Gasteiger partial charge in [-0.2, -0.15) is 0 Å². The van der Waals surface area contributed by atoms with Crippen LogP contribution in [0.1, 0.15) is 29.5 Å². The summed E-state index contributed by atoms with van der Waals surface area (Å²) in [5, 5.41) is 0.259. The van der Waals surface area contributed by atoms with Crippen LogP contribution in [-0.2, 0) is 6.42 Å². The number of rotatable bonds is 0. The zero-order chi connectivity index (χ0) is 6.97. The van der Waals surface area contributed by atoms with Crippen molar-refractivity contribution in [3.8, 4) is 0 Å². The van der Waals surface area contributed by atoms with Gasteiger partial charge in [-0.3, -0.25) is 0 Å². The van der Waals surface area contributed by atoms with E-state index in [4.69, 9.17) is 11.6 Å². The highest BCUT2D eigenvalue weighted by atomic mass is 35.5. The number of fused-ring (bicyclic) bond motifs is 1. The van der Waals surface area contributed by atoms with Gasteiger partial charge in [0.25, 0.3) is 0 Å². The van der Waals surface area contributed by atoms with Crippen molar-refractivity contribution in [1.29, 1.82) is 0 Å². The van der Waals surface area contributed by atoms with Crippen LogP contribution in [0.2, 0.25) is 0 Å². The maximum atomic E-state index is 6.07. The van der Waals surface area contributed by atoms with Crippen LogP contribution in [0, 0.1) is 0 Å². The Morgan fingerprint density at radius 3 is 3.30 bits per heavy atom. The lowest BCUT2D eigenvalue weighted by atomic mass is 9.98. The molecule has 0 spiro atoms. The highest BCUT2D eigenvalue weighted by molar-refractivity contribution is 6.20. The van der Waals surface area contributed by atoms with E-state index in [0.717, 1.165) is 6.42 Å². The highest BCUT2D eigenvalue weighted by Gasteiger charge is 2.17. The van der Waals surface area contributed by atoms with Crippen LogP contribution in [0.25, 0.3) is 0 Å². The van der Waals surface area contributed by atoms with Crippen molar-refractivity contribution in [2.24, 2.45) is 0 Å². The number of aromatic nitrogens is 1. The Morgan fingerprint density at radius 2 is 2.50 bits per heavy atom. The van der Waals surface area contributed by atoms with Crippen molar-refractivity contribution in [2.45, 2.75) is 24.6 Å². The molecule has 1 unspecified atom stereocenters. The maximum Gasteiger partial charge on any atom is 0.0603 e. The van der Waals surface area contributed by atoms with Gasteiger partial charge in [-0.15, -0.1) is 11.6 Å². The Morgan fingerprint density at radius 1 is 1.60 bits per heavy atom. The van der Waals surface area contributed by atoms with E-state index < -0.39 is 0 Å². The molecule has 10 heavy (non-hydrogen) atoms. The van der Waals surface area contributed by atoms with Crippen LogP contribution in [-0.4, -0.2) is 4.98 Å². The minimum atomic E-state index is 0.259. The summed E-state index contributed by atoms with van der Waals surface area (Å²) in [6.07, 6.45) is 5.50. The fourth-order valence-electron chi connectivity index (χ4n) is 1.54. The number of hydrogen-bond donors (Lipinski definition) is 1. The summed E-state index contributed by atoms with van der Waals surface area (Å²) in [6.45, 7) is 0. The van der Waals surface area contributed by atoms with E-state index in [2.05, 4.69) is 11.1 Å². The molecule has 1 nitrogen and oxygen atoms in total. The third-order valence-electron chi connectivity index (χ3n) is 2.09. The van der Waals surface area contributed by atoms with Crippen LogP contribution in [0.4, 0.5) is 0 Å². The molecule has 0 aliphatic heterocycles. The second-order valence-corrected chi connectivity index (χ2v) is 3.30. The molecule has 0 radical (unpaired) electrons. The summed E-state index contributed by atoms with van der Waals surface area (Å²) in [5.41, 5.74) is 2.65. The van der Waals surface area contributed by atoms with E-state index >= 15 is 0 Å². The van der Waals surface area contributed by atoms with Gasteiger partial charge in [0.1, 0.15) is 0 Å². The molecule has 1 aromatic rings. The minimum absolute atomic E-state index is 0.259. The van der Waals surface area contributed by atoms with Crippen molar-refractivity contribution in [1.82, 2.24) is 4.98 Å². The molecule has 2 heteroatoms. The second-order valence-electron chi connectivity index (χ2n) is 2.77. The summed E-state index contributed by atoms with van der Waals surface area (Å²) < 4.78 is 0. The second kappa shape index (κ2) is 2.31. The smallest absolute Gasteiger partial charge is 0.0603 e. The van der Waals surface area contributed by atoms with E-state index in [9.17, 15) is 0 Å². The monoisotopic (exact) mass is 155 g/mol. The van der Waals surface area contributed by atoms with Crippen LogP contribution < -0.4 is 0 Å². The predicted octanol–water partition coefficient (Wildman–Crippen LogP) is 2.63. The van der Waals surface area contributed by atoms with E-state index in [0.29, 0.717) is 0 Å². The molecule has 0 saturated heterocycles.